The fourth-order valence-electron chi connectivity index (χ4n) is 1.57. The third-order valence-electron chi connectivity index (χ3n) is 3.02. The minimum Gasteiger partial charge on any atom is -0.356 e. The highest BCUT2D eigenvalue weighted by Gasteiger charge is 2.13. The molecular formula is C13H31IN4O2S. The molecule has 0 rings (SSSR count). The van der Waals surface area contributed by atoms with E-state index in [-0.39, 0.29) is 29.7 Å². The van der Waals surface area contributed by atoms with E-state index in [2.05, 4.69) is 29.5 Å². The number of rotatable bonds is 9. The number of sulfonamides is 1. The van der Waals surface area contributed by atoms with E-state index in [1.165, 1.54) is 4.31 Å². The Labute approximate surface area is 147 Å². The first-order chi connectivity index (χ1) is 9.33. The second-order valence-corrected chi connectivity index (χ2v) is 7.55. The summed E-state index contributed by atoms with van der Waals surface area (Å²) in [4.78, 5) is 4.13. The first-order valence-corrected chi connectivity index (χ1v) is 8.83. The summed E-state index contributed by atoms with van der Waals surface area (Å²) in [5.41, 5.74) is 0. The van der Waals surface area contributed by atoms with Gasteiger partial charge in [0.2, 0.25) is 10.0 Å². The van der Waals surface area contributed by atoms with Gasteiger partial charge in [-0.25, -0.2) is 12.7 Å². The van der Waals surface area contributed by atoms with Crippen LogP contribution in [0.4, 0.5) is 0 Å². The van der Waals surface area contributed by atoms with Crippen molar-refractivity contribution < 1.29 is 8.42 Å². The number of hydrogen-bond donors (Lipinski definition) is 2. The summed E-state index contributed by atoms with van der Waals surface area (Å²) in [7, 11) is 0.286. The molecule has 2 N–H and O–H groups in total. The van der Waals surface area contributed by atoms with Gasteiger partial charge in [-0.1, -0.05) is 13.8 Å². The van der Waals surface area contributed by atoms with Crippen LogP contribution < -0.4 is 10.6 Å². The predicted molar refractivity (Wildman–Crippen MR) is 101 cm³/mol. The lowest BCUT2D eigenvalue weighted by atomic mass is 10.1. The van der Waals surface area contributed by atoms with Crippen molar-refractivity contribution in [3.63, 3.8) is 0 Å². The van der Waals surface area contributed by atoms with Gasteiger partial charge in [0.15, 0.2) is 5.96 Å². The van der Waals surface area contributed by atoms with Crippen molar-refractivity contribution in [1.29, 1.82) is 0 Å². The smallest absolute Gasteiger partial charge is 0.213 e. The van der Waals surface area contributed by atoms with Crippen molar-refractivity contribution in [3.05, 3.63) is 0 Å². The highest BCUT2D eigenvalue weighted by molar-refractivity contribution is 14.0. The van der Waals surface area contributed by atoms with E-state index in [1.54, 1.807) is 21.0 Å². The molecule has 0 aromatic heterocycles. The van der Waals surface area contributed by atoms with Crippen LogP contribution in [0.15, 0.2) is 4.99 Å². The molecule has 0 amide bonds. The number of nitrogens with one attached hydrogen (secondary N) is 2. The Kier molecular flexibility index (Phi) is 13.7. The van der Waals surface area contributed by atoms with E-state index in [9.17, 15) is 8.42 Å². The third kappa shape index (κ3) is 11.2. The standard InChI is InChI=1S/C13H30N4O2S.HI/c1-6-20(18,19)17(5)11-7-9-15-13(14-4)16-10-8-12(2)3;/h12H,6-11H2,1-5H3,(H2,14,15,16);1H. The maximum atomic E-state index is 11.6. The Bertz CT molecular complexity index is 386. The van der Waals surface area contributed by atoms with Crippen molar-refractivity contribution in [2.24, 2.45) is 10.9 Å². The summed E-state index contributed by atoms with van der Waals surface area (Å²) >= 11 is 0. The summed E-state index contributed by atoms with van der Waals surface area (Å²) < 4.78 is 24.5. The van der Waals surface area contributed by atoms with E-state index in [1.807, 2.05) is 0 Å². The van der Waals surface area contributed by atoms with E-state index in [0.29, 0.717) is 19.0 Å². The van der Waals surface area contributed by atoms with Gasteiger partial charge in [0, 0.05) is 33.7 Å². The third-order valence-corrected chi connectivity index (χ3v) is 4.88. The van der Waals surface area contributed by atoms with Crippen molar-refractivity contribution >= 4 is 40.0 Å². The molecule has 21 heavy (non-hydrogen) atoms. The molecule has 128 valence electrons. The number of halogens is 1. The highest BCUT2D eigenvalue weighted by Crippen LogP contribution is 1.98. The van der Waals surface area contributed by atoms with Crippen LogP contribution in [0.25, 0.3) is 0 Å². The van der Waals surface area contributed by atoms with Gasteiger partial charge in [-0.05, 0) is 25.7 Å². The minimum absolute atomic E-state index is 0. The average Bonchev–Trinajstić information content (AvgIpc) is 2.40. The molecule has 0 heterocycles. The second-order valence-electron chi connectivity index (χ2n) is 5.18. The first-order valence-electron chi connectivity index (χ1n) is 7.22. The molecule has 0 fully saturated rings. The maximum absolute atomic E-state index is 11.6. The van der Waals surface area contributed by atoms with Gasteiger partial charge in [0.25, 0.3) is 0 Å². The van der Waals surface area contributed by atoms with Gasteiger partial charge in [-0.2, -0.15) is 0 Å². The van der Waals surface area contributed by atoms with E-state index in [4.69, 9.17) is 0 Å². The zero-order valence-corrected chi connectivity index (χ0v) is 17.0. The molecule has 0 aromatic carbocycles. The predicted octanol–water partition coefficient (Wildman–Crippen LogP) is 1.49. The Morgan fingerprint density at radius 1 is 1.24 bits per heavy atom. The van der Waals surface area contributed by atoms with Gasteiger partial charge < -0.3 is 10.6 Å². The van der Waals surface area contributed by atoms with Crippen molar-refractivity contribution in [1.82, 2.24) is 14.9 Å². The van der Waals surface area contributed by atoms with E-state index >= 15 is 0 Å². The SMILES string of the molecule is CCS(=O)(=O)N(C)CCCNC(=NC)NCCC(C)C.I. The topological polar surface area (TPSA) is 73.8 Å². The normalized spacial score (nSPS) is 12.4. The molecule has 0 radical (unpaired) electrons. The summed E-state index contributed by atoms with van der Waals surface area (Å²) in [5.74, 6) is 1.58. The van der Waals surface area contributed by atoms with Crippen molar-refractivity contribution in [2.45, 2.75) is 33.6 Å². The van der Waals surface area contributed by atoms with Gasteiger partial charge >= 0.3 is 0 Å². The fraction of sp³-hybridized carbons (Fsp3) is 0.923. The fourth-order valence-corrected chi connectivity index (χ4v) is 2.42. The quantitative estimate of drug-likeness (QED) is 0.250. The van der Waals surface area contributed by atoms with Gasteiger partial charge in [-0.3, -0.25) is 4.99 Å². The van der Waals surface area contributed by atoms with Crippen LogP contribution in [0.3, 0.4) is 0 Å². The molecule has 0 aromatic rings. The average molecular weight is 434 g/mol. The molecule has 0 saturated carbocycles. The van der Waals surface area contributed by atoms with Gasteiger partial charge in [0.05, 0.1) is 5.75 Å². The summed E-state index contributed by atoms with van der Waals surface area (Å²) in [6, 6.07) is 0. The largest absolute Gasteiger partial charge is 0.356 e. The minimum atomic E-state index is -3.07. The lowest BCUT2D eigenvalue weighted by molar-refractivity contribution is 0.461. The Hall–Kier alpha value is -0.0900. The Morgan fingerprint density at radius 2 is 1.81 bits per heavy atom. The number of hydrogen-bond acceptors (Lipinski definition) is 3. The van der Waals surface area contributed by atoms with Crippen LogP contribution >= 0.6 is 24.0 Å². The number of nitrogens with zero attached hydrogens (tertiary/aromatic N) is 2. The molecule has 0 aliphatic heterocycles. The molecule has 0 aliphatic carbocycles. The highest BCUT2D eigenvalue weighted by atomic mass is 127. The molecule has 0 unspecified atom stereocenters. The molecule has 8 heteroatoms. The molecule has 0 atom stereocenters. The number of aliphatic imine (C=N–C) groups is 1. The summed E-state index contributed by atoms with van der Waals surface area (Å²) in [5, 5.41) is 6.42. The number of guanidine groups is 1. The zero-order chi connectivity index (χ0) is 15.6. The Balaban J connectivity index is 0. The molecule has 0 spiro atoms. The van der Waals surface area contributed by atoms with Crippen LogP contribution in [0, 0.1) is 5.92 Å². The van der Waals surface area contributed by atoms with E-state index < -0.39 is 10.0 Å². The lowest BCUT2D eigenvalue weighted by Gasteiger charge is -2.17. The zero-order valence-electron chi connectivity index (χ0n) is 13.8. The Morgan fingerprint density at radius 3 is 2.29 bits per heavy atom. The van der Waals surface area contributed by atoms with Crippen LogP contribution in [-0.2, 0) is 10.0 Å². The first kappa shape index (κ1) is 23.2. The van der Waals surface area contributed by atoms with Crippen molar-refractivity contribution in [2.75, 3.05) is 39.5 Å². The summed E-state index contributed by atoms with van der Waals surface area (Å²) in [6.45, 7) is 8.13. The van der Waals surface area contributed by atoms with Gasteiger partial charge in [-0.15, -0.1) is 24.0 Å². The van der Waals surface area contributed by atoms with Crippen LogP contribution in [0.5, 0.6) is 0 Å². The second kappa shape index (κ2) is 12.5. The van der Waals surface area contributed by atoms with Crippen LogP contribution in [0.2, 0.25) is 0 Å². The molecule has 0 bridgehead atoms. The summed E-state index contributed by atoms with van der Waals surface area (Å²) in [6.07, 6.45) is 1.85. The van der Waals surface area contributed by atoms with Gasteiger partial charge in [0.1, 0.15) is 0 Å². The maximum Gasteiger partial charge on any atom is 0.213 e. The van der Waals surface area contributed by atoms with E-state index in [0.717, 1.165) is 25.3 Å². The molecular weight excluding hydrogens is 403 g/mol. The van der Waals surface area contributed by atoms with Crippen LogP contribution in [0.1, 0.15) is 33.6 Å². The van der Waals surface area contributed by atoms with Crippen LogP contribution in [-0.4, -0.2) is 58.2 Å². The van der Waals surface area contributed by atoms with Crippen molar-refractivity contribution in [3.8, 4) is 0 Å². The monoisotopic (exact) mass is 434 g/mol. The lowest BCUT2D eigenvalue weighted by Crippen LogP contribution is -2.39. The molecule has 0 aliphatic rings. The molecule has 6 nitrogen and oxygen atoms in total. The molecule has 0 saturated heterocycles.